The molecule has 21 heavy (non-hydrogen) atoms. The zero-order valence-electron chi connectivity index (χ0n) is 11.6. The van der Waals surface area contributed by atoms with Gasteiger partial charge in [-0.05, 0) is 17.7 Å². The Morgan fingerprint density at radius 1 is 1.38 bits per heavy atom. The zero-order valence-corrected chi connectivity index (χ0v) is 12.3. The number of aromatic nitrogens is 2. The summed E-state index contributed by atoms with van der Waals surface area (Å²) in [6.45, 7) is 2.21. The highest BCUT2D eigenvalue weighted by atomic mass is 35.5. The van der Waals surface area contributed by atoms with Gasteiger partial charge in [0.25, 0.3) is 0 Å². The number of halogens is 1. The molecule has 1 atom stereocenters. The number of hydrogen-bond donors (Lipinski definition) is 2. The molecule has 2 heterocycles. The van der Waals surface area contributed by atoms with Crippen molar-refractivity contribution in [1.82, 2.24) is 20.4 Å². The fourth-order valence-corrected chi connectivity index (χ4v) is 2.94. The van der Waals surface area contributed by atoms with Crippen molar-refractivity contribution in [3.05, 3.63) is 52.8 Å². The quantitative estimate of drug-likeness (QED) is 0.908. The van der Waals surface area contributed by atoms with E-state index < -0.39 is 0 Å². The van der Waals surface area contributed by atoms with E-state index in [1.54, 1.807) is 6.20 Å². The Morgan fingerprint density at radius 3 is 3.00 bits per heavy atom. The standard InChI is InChI=1S/C15H17ClN4O/c16-13-4-2-1-3-12(13)14-10-17-7-8-20(14)15(21)9-11-5-6-18-19-11/h1-6,14,17H,7-10H2,(H,18,19). The van der Waals surface area contributed by atoms with Gasteiger partial charge in [-0.3, -0.25) is 9.89 Å². The number of carbonyl (C=O) groups excluding carboxylic acids is 1. The number of carbonyl (C=O) groups is 1. The number of piperazine rings is 1. The summed E-state index contributed by atoms with van der Waals surface area (Å²) in [5.74, 6) is 0.0886. The lowest BCUT2D eigenvalue weighted by Crippen LogP contribution is -2.49. The van der Waals surface area contributed by atoms with Crippen LogP contribution in [-0.2, 0) is 11.2 Å². The van der Waals surface area contributed by atoms with Crippen LogP contribution in [0, 0.1) is 0 Å². The minimum absolute atomic E-state index is 0.0251. The lowest BCUT2D eigenvalue weighted by Gasteiger charge is -2.37. The Balaban J connectivity index is 1.81. The maximum atomic E-state index is 12.6. The van der Waals surface area contributed by atoms with Gasteiger partial charge in [-0.1, -0.05) is 29.8 Å². The molecular weight excluding hydrogens is 288 g/mol. The van der Waals surface area contributed by atoms with Crippen LogP contribution in [0.5, 0.6) is 0 Å². The molecule has 110 valence electrons. The van der Waals surface area contributed by atoms with Crippen molar-refractivity contribution >= 4 is 17.5 Å². The summed E-state index contributed by atoms with van der Waals surface area (Å²) in [5, 5.41) is 10.7. The van der Waals surface area contributed by atoms with Crippen LogP contribution in [0.25, 0.3) is 0 Å². The van der Waals surface area contributed by atoms with E-state index in [2.05, 4.69) is 15.5 Å². The number of nitrogens with zero attached hydrogens (tertiary/aromatic N) is 2. The van der Waals surface area contributed by atoms with Crippen LogP contribution in [0.15, 0.2) is 36.5 Å². The number of rotatable bonds is 3. The molecule has 2 N–H and O–H groups in total. The molecule has 1 unspecified atom stereocenters. The summed E-state index contributed by atoms with van der Waals surface area (Å²) in [5.41, 5.74) is 1.82. The van der Waals surface area contributed by atoms with Gasteiger partial charge in [-0.25, -0.2) is 0 Å². The highest BCUT2D eigenvalue weighted by molar-refractivity contribution is 6.31. The normalized spacial score (nSPS) is 18.7. The van der Waals surface area contributed by atoms with E-state index >= 15 is 0 Å². The van der Waals surface area contributed by atoms with Gasteiger partial charge < -0.3 is 10.2 Å². The molecule has 0 aliphatic carbocycles. The molecule has 1 saturated heterocycles. The second-order valence-corrected chi connectivity index (χ2v) is 5.49. The van der Waals surface area contributed by atoms with Gasteiger partial charge >= 0.3 is 0 Å². The SMILES string of the molecule is O=C(Cc1ccn[nH]1)N1CCNCC1c1ccccc1Cl. The molecule has 0 spiro atoms. The minimum Gasteiger partial charge on any atom is -0.333 e. The largest absolute Gasteiger partial charge is 0.333 e. The summed E-state index contributed by atoms with van der Waals surface area (Å²) in [7, 11) is 0. The van der Waals surface area contributed by atoms with Crippen LogP contribution in [-0.4, -0.2) is 40.6 Å². The Hall–Kier alpha value is -1.85. The fraction of sp³-hybridized carbons (Fsp3) is 0.333. The molecule has 1 aliphatic heterocycles. The summed E-state index contributed by atoms with van der Waals surface area (Å²) in [6, 6.07) is 9.50. The van der Waals surface area contributed by atoms with E-state index in [0.717, 1.165) is 24.3 Å². The maximum absolute atomic E-state index is 12.6. The molecule has 5 nitrogen and oxygen atoms in total. The van der Waals surface area contributed by atoms with E-state index in [0.29, 0.717) is 18.0 Å². The van der Waals surface area contributed by atoms with Crippen molar-refractivity contribution in [2.75, 3.05) is 19.6 Å². The van der Waals surface area contributed by atoms with Crippen molar-refractivity contribution in [1.29, 1.82) is 0 Å². The van der Waals surface area contributed by atoms with Gasteiger partial charge in [0.2, 0.25) is 5.91 Å². The van der Waals surface area contributed by atoms with Gasteiger partial charge in [-0.15, -0.1) is 0 Å². The molecule has 1 amide bonds. The highest BCUT2D eigenvalue weighted by Gasteiger charge is 2.29. The van der Waals surface area contributed by atoms with Crippen molar-refractivity contribution in [2.45, 2.75) is 12.5 Å². The molecule has 2 aromatic rings. The first-order chi connectivity index (χ1) is 10.3. The monoisotopic (exact) mass is 304 g/mol. The van der Waals surface area contributed by atoms with Gasteiger partial charge in [0.15, 0.2) is 0 Å². The zero-order chi connectivity index (χ0) is 14.7. The van der Waals surface area contributed by atoms with Gasteiger partial charge in [0.05, 0.1) is 12.5 Å². The average molecular weight is 305 g/mol. The van der Waals surface area contributed by atoms with E-state index in [1.807, 2.05) is 35.2 Å². The molecule has 0 radical (unpaired) electrons. The van der Waals surface area contributed by atoms with Gasteiger partial charge in [0, 0.05) is 36.5 Å². The lowest BCUT2D eigenvalue weighted by atomic mass is 10.0. The molecular formula is C15H17ClN4O. The third-order valence-electron chi connectivity index (χ3n) is 3.73. The first-order valence-electron chi connectivity index (χ1n) is 6.98. The third kappa shape index (κ3) is 3.09. The van der Waals surface area contributed by atoms with Crippen molar-refractivity contribution in [3.63, 3.8) is 0 Å². The smallest absolute Gasteiger partial charge is 0.229 e. The molecule has 1 aliphatic rings. The van der Waals surface area contributed by atoms with Gasteiger partial charge in [0.1, 0.15) is 0 Å². The Bertz CT molecular complexity index is 614. The molecule has 0 saturated carbocycles. The molecule has 3 rings (SSSR count). The van der Waals surface area contributed by atoms with Crippen molar-refractivity contribution in [2.24, 2.45) is 0 Å². The molecule has 1 fully saturated rings. The van der Waals surface area contributed by atoms with Crippen LogP contribution >= 0.6 is 11.6 Å². The average Bonchev–Trinajstić information content (AvgIpc) is 3.01. The number of hydrogen-bond acceptors (Lipinski definition) is 3. The number of aromatic amines is 1. The summed E-state index contributed by atoms with van der Waals surface area (Å²) < 4.78 is 0. The van der Waals surface area contributed by atoms with Gasteiger partial charge in [-0.2, -0.15) is 5.10 Å². The predicted molar refractivity (Wildman–Crippen MR) is 81.1 cm³/mol. The summed E-state index contributed by atoms with van der Waals surface area (Å²) in [4.78, 5) is 14.5. The first kappa shape index (κ1) is 14.1. The van der Waals surface area contributed by atoms with E-state index in [9.17, 15) is 4.79 Å². The topological polar surface area (TPSA) is 61.0 Å². The van der Waals surface area contributed by atoms with E-state index in [-0.39, 0.29) is 11.9 Å². The number of nitrogens with one attached hydrogen (secondary N) is 2. The Kier molecular flexibility index (Phi) is 4.22. The second-order valence-electron chi connectivity index (χ2n) is 5.09. The second kappa shape index (κ2) is 6.28. The summed E-state index contributed by atoms with van der Waals surface area (Å²) >= 11 is 6.29. The van der Waals surface area contributed by atoms with Crippen molar-refractivity contribution in [3.8, 4) is 0 Å². The van der Waals surface area contributed by atoms with E-state index in [1.165, 1.54) is 0 Å². The third-order valence-corrected chi connectivity index (χ3v) is 4.07. The van der Waals surface area contributed by atoms with Crippen molar-refractivity contribution < 1.29 is 4.79 Å². The Labute approximate surface area is 128 Å². The van der Waals surface area contributed by atoms with Crippen LogP contribution in [0.1, 0.15) is 17.3 Å². The number of H-pyrrole nitrogens is 1. The molecule has 1 aromatic carbocycles. The fourth-order valence-electron chi connectivity index (χ4n) is 2.67. The summed E-state index contributed by atoms with van der Waals surface area (Å²) in [6.07, 6.45) is 1.99. The molecule has 1 aromatic heterocycles. The van der Waals surface area contributed by atoms with Crippen LogP contribution < -0.4 is 5.32 Å². The van der Waals surface area contributed by atoms with Crippen LogP contribution in [0.3, 0.4) is 0 Å². The number of benzene rings is 1. The lowest BCUT2D eigenvalue weighted by molar-refractivity contribution is -0.133. The molecule has 0 bridgehead atoms. The Morgan fingerprint density at radius 2 is 2.24 bits per heavy atom. The van der Waals surface area contributed by atoms with E-state index in [4.69, 9.17) is 11.6 Å². The minimum atomic E-state index is -0.0251. The van der Waals surface area contributed by atoms with Crippen LogP contribution in [0.4, 0.5) is 0 Å². The molecule has 6 heteroatoms. The first-order valence-corrected chi connectivity index (χ1v) is 7.36. The highest BCUT2D eigenvalue weighted by Crippen LogP contribution is 2.28. The van der Waals surface area contributed by atoms with Crippen LogP contribution in [0.2, 0.25) is 5.02 Å². The number of amides is 1. The predicted octanol–water partition coefficient (Wildman–Crippen LogP) is 1.78. The maximum Gasteiger partial charge on any atom is 0.229 e.